The van der Waals surface area contributed by atoms with Gasteiger partial charge in [-0.1, -0.05) is 25.1 Å². The molecule has 0 aliphatic heterocycles. The van der Waals surface area contributed by atoms with Crippen molar-refractivity contribution in [2.75, 3.05) is 19.5 Å². The number of hydrogen-bond acceptors (Lipinski definition) is 4. The van der Waals surface area contributed by atoms with E-state index in [1.807, 2.05) is 13.0 Å². The molecule has 0 bridgehead atoms. The van der Waals surface area contributed by atoms with Crippen molar-refractivity contribution in [2.45, 2.75) is 12.7 Å². The fourth-order valence-electron chi connectivity index (χ4n) is 1.82. The Morgan fingerprint density at radius 3 is 2.67 bits per heavy atom. The van der Waals surface area contributed by atoms with Crippen LogP contribution in [-0.2, 0) is 20.3 Å². The zero-order valence-corrected chi connectivity index (χ0v) is 11.4. The van der Waals surface area contributed by atoms with E-state index in [9.17, 15) is 8.42 Å². The number of nitriles is 1. The van der Waals surface area contributed by atoms with Crippen molar-refractivity contribution in [2.24, 2.45) is 5.92 Å². The van der Waals surface area contributed by atoms with Crippen LogP contribution in [0, 0.1) is 17.2 Å². The molecular formula is C13H17NO3S. The minimum Gasteiger partial charge on any atom is -0.384 e. The highest BCUT2D eigenvalue weighted by atomic mass is 32.2. The van der Waals surface area contributed by atoms with Crippen LogP contribution in [0.4, 0.5) is 0 Å². The van der Waals surface area contributed by atoms with Crippen LogP contribution >= 0.6 is 0 Å². The molecule has 1 unspecified atom stereocenters. The molecule has 0 aliphatic carbocycles. The van der Waals surface area contributed by atoms with Crippen molar-refractivity contribution >= 4 is 9.84 Å². The summed E-state index contributed by atoms with van der Waals surface area (Å²) in [6.07, 6.45) is 0. The van der Waals surface area contributed by atoms with E-state index in [2.05, 4.69) is 0 Å². The number of rotatable bonds is 6. The van der Waals surface area contributed by atoms with Crippen LogP contribution in [0.2, 0.25) is 0 Å². The van der Waals surface area contributed by atoms with Crippen LogP contribution in [0.5, 0.6) is 0 Å². The Hall–Kier alpha value is -1.38. The van der Waals surface area contributed by atoms with E-state index in [0.29, 0.717) is 17.7 Å². The lowest BCUT2D eigenvalue weighted by Crippen LogP contribution is -2.19. The third kappa shape index (κ3) is 4.47. The van der Waals surface area contributed by atoms with Crippen molar-refractivity contribution in [1.29, 1.82) is 5.26 Å². The molecule has 0 radical (unpaired) electrons. The van der Waals surface area contributed by atoms with E-state index in [4.69, 9.17) is 10.00 Å². The summed E-state index contributed by atoms with van der Waals surface area (Å²) in [4.78, 5) is 0. The number of nitrogens with zero attached hydrogens (tertiary/aromatic N) is 1. The molecule has 0 N–H and O–H groups in total. The Morgan fingerprint density at radius 2 is 2.06 bits per heavy atom. The highest BCUT2D eigenvalue weighted by molar-refractivity contribution is 7.90. The first-order valence-electron chi connectivity index (χ1n) is 5.66. The Balaban J connectivity index is 2.80. The van der Waals surface area contributed by atoms with Gasteiger partial charge in [0, 0.05) is 13.7 Å². The third-order valence-electron chi connectivity index (χ3n) is 2.50. The Morgan fingerprint density at radius 1 is 1.39 bits per heavy atom. The van der Waals surface area contributed by atoms with Crippen LogP contribution in [0.15, 0.2) is 24.3 Å². The fourth-order valence-corrected chi connectivity index (χ4v) is 3.62. The summed E-state index contributed by atoms with van der Waals surface area (Å²) in [6.45, 7) is 2.25. The molecule has 1 atom stereocenters. The highest BCUT2D eigenvalue weighted by Gasteiger charge is 2.18. The van der Waals surface area contributed by atoms with Crippen molar-refractivity contribution in [3.05, 3.63) is 35.4 Å². The summed E-state index contributed by atoms with van der Waals surface area (Å²) in [6, 6.07) is 8.78. The Labute approximate surface area is 108 Å². The maximum atomic E-state index is 12.0. The summed E-state index contributed by atoms with van der Waals surface area (Å²) < 4.78 is 28.9. The molecule has 0 fully saturated rings. The Kier molecular flexibility index (Phi) is 5.32. The molecule has 0 spiro atoms. The zero-order chi connectivity index (χ0) is 13.6. The number of hydrogen-bond donors (Lipinski definition) is 0. The molecule has 0 amide bonds. The van der Waals surface area contributed by atoms with Gasteiger partial charge in [-0.05, 0) is 17.5 Å². The van der Waals surface area contributed by atoms with Gasteiger partial charge in [-0.3, -0.25) is 0 Å². The largest absolute Gasteiger partial charge is 0.384 e. The van der Waals surface area contributed by atoms with E-state index < -0.39 is 9.84 Å². The first kappa shape index (κ1) is 14.7. The van der Waals surface area contributed by atoms with Gasteiger partial charge in [-0.25, -0.2) is 8.42 Å². The second kappa shape index (κ2) is 6.53. The van der Waals surface area contributed by atoms with Crippen LogP contribution in [0.25, 0.3) is 0 Å². The molecule has 5 heteroatoms. The van der Waals surface area contributed by atoms with Gasteiger partial charge in [0.15, 0.2) is 9.84 Å². The molecule has 0 heterocycles. The first-order valence-corrected chi connectivity index (χ1v) is 7.48. The second-order valence-corrected chi connectivity index (χ2v) is 6.49. The van der Waals surface area contributed by atoms with Gasteiger partial charge < -0.3 is 4.74 Å². The molecule has 4 nitrogen and oxygen atoms in total. The van der Waals surface area contributed by atoms with Crippen LogP contribution in [0.3, 0.4) is 0 Å². The van der Waals surface area contributed by atoms with Gasteiger partial charge in [0.25, 0.3) is 0 Å². The number of methoxy groups -OCH3 is 1. The minimum atomic E-state index is -3.22. The SMILES string of the molecule is COCC(C)CS(=O)(=O)Cc1ccccc1C#N. The third-order valence-corrected chi connectivity index (χ3v) is 4.33. The van der Waals surface area contributed by atoms with E-state index in [0.717, 1.165) is 0 Å². The van der Waals surface area contributed by atoms with Crippen LogP contribution < -0.4 is 0 Å². The van der Waals surface area contributed by atoms with E-state index >= 15 is 0 Å². The topological polar surface area (TPSA) is 67.2 Å². The fraction of sp³-hybridized carbons (Fsp3) is 0.462. The highest BCUT2D eigenvalue weighted by Crippen LogP contribution is 2.14. The van der Waals surface area contributed by atoms with Crippen molar-refractivity contribution in [3.8, 4) is 6.07 Å². The number of ether oxygens (including phenoxy) is 1. The van der Waals surface area contributed by atoms with Gasteiger partial charge in [0.05, 0.1) is 23.1 Å². The average molecular weight is 267 g/mol. The average Bonchev–Trinajstić information content (AvgIpc) is 2.28. The maximum absolute atomic E-state index is 12.0. The summed E-state index contributed by atoms with van der Waals surface area (Å²) in [7, 11) is -1.67. The lowest BCUT2D eigenvalue weighted by molar-refractivity contribution is 0.167. The molecule has 0 saturated heterocycles. The molecule has 1 aromatic rings. The minimum absolute atomic E-state index is 0.0470. The summed E-state index contributed by atoms with van der Waals surface area (Å²) >= 11 is 0. The van der Waals surface area contributed by atoms with Gasteiger partial charge in [-0.2, -0.15) is 5.26 Å². The van der Waals surface area contributed by atoms with E-state index in [-0.39, 0.29) is 17.4 Å². The predicted molar refractivity (Wildman–Crippen MR) is 69.7 cm³/mol. The molecule has 0 aromatic heterocycles. The lowest BCUT2D eigenvalue weighted by atomic mass is 10.1. The van der Waals surface area contributed by atoms with Crippen molar-refractivity contribution < 1.29 is 13.2 Å². The summed E-state index contributed by atoms with van der Waals surface area (Å²) in [5, 5.41) is 8.92. The number of benzene rings is 1. The normalized spacial score (nSPS) is 12.9. The predicted octanol–water partition coefficient (Wildman–Crippen LogP) is 1.76. The number of sulfone groups is 1. The molecule has 1 rings (SSSR count). The first-order chi connectivity index (χ1) is 8.48. The zero-order valence-electron chi connectivity index (χ0n) is 10.6. The van der Waals surface area contributed by atoms with E-state index in [1.165, 1.54) is 0 Å². The van der Waals surface area contributed by atoms with Gasteiger partial charge in [0.2, 0.25) is 0 Å². The van der Waals surface area contributed by atoms with Crippen molar-refractivity contribution in [3.63, 3.8) is 0 Å². The summed E-state index contributed by atoms with van der Waals surface area (Å²) in [5.41, 5.74) is 0.977. The molecular weight excluding hydrogens is 250 g/mol. The van der Waals surface area contributed by atoms with Crippen LogP contribution in [-0.4, -0.2) is 27.9 Å². The van der Waals surface area contributed by atoms with Gasteiger partial charge in [-0.15, -0.1) is 0 Å². The molecule has 18 heavy (non-hydrogen) atoms. The van der Waals surface area contributed by atoms with Gasteiger partial charge >= 0.3 is 0 Å². The summed E-state index contributed by atoms with van der Waals surface area (Å²) in [5.74, 6) is -0.0694. The van der Waals surface area contributed by atoms with Crippen molar-refractivity contribution in [1.82, 2.24) is 0 Å². The second-order valence-electron chi connectivity index (χ2n) is 4.38. The Bertz CT molecular complexity index is 531. The molecule has 98 valence electrons. The molecule has 0 aliphatic rings. The molecule has 1 aromatic carbocycles. The van der Waals surface area contributed by atoms with E-state index in [1.54, 1.807) is 31.4 Å². The quantitative estimate of drug-likeness (QED) is 0.787. The van der Waals surface area contributed by atoms with Crippen LogP contribution in [0.1, 0.15) is 18.1 Å². The smallest absolute Gasteiger partial charge is 0.154 e. The van der Waals surface area contributed by atoms with Gasteiger partial charge in [0.1, 0.15) is 0 Å². The lowest BCUT2D eigenvalue weighted by Gasteiger charge is -2.11. The molecule has 0 saturated carbocycles. The maximum Gasteiger partial charge on any atom is 0.154 e. The monoisotopic (exact) mass is 267 g/mol. The standard InChI is InChI=1S/C13H17NO3S/c1-11(8-17-2)9-18(15,16)10-13-6-4-3-5-12(13)7-14/h3-6,11H,8-10H2,1-2H3.